The smallest absolute Gasteiger partial charge is 0.101 e. The van der Waals surface area contributed by atoms with E-state index in [9.17, 15) is 0 Å². The summed E-state index contributed by atoms with van der Waals surface area (Å²) in [7, 11) is 0. The first-order chi connectivity index (χ1) is 13.1. The van der Waals surface area contributed by atoms with E-state index < -0.39 is 0 Å². The van der Waals surface area contributed by atoms with Gasteiger partial charge in [0.25, 0.3) is 0 Å². The zero-order valence-electron chi connectivity index (χ0n) is 16.5. The minimum atomic E-state index is -0.0367. The first kappa shape index (κ1) is 19.4. The molecule has 27 heavy (non-hydrogen) atoms. The number of hydrogen-bond donors (Lipinski definition) is 0. The number of nitrogens with zero attached hydrogens (tertiary/aromatic N) is 2. The van der Waals surface area contributed by atoms with Crippen molar-refractivity contribution in [2.75, 3.05) is 18.0 Å². The van der Waals surface area contributed by atoms with Gasteiger partial charge in [-0.1, -0.05) is 60.1 Å². The van der Waals surface area contributed by atoms with E-state index in [4.69, 9.17) is 16.6 Å². The molecule has 0 radical (unpaired) electrons. The molecule has 1 atom stereocenters. The zero-order chi connectivity index (χ0) is 19.4. The van der Waals surface area contributed by atoms with E-state index in [1.54, 1.807) is 0 Å². The van der Waals surface area contributed by atoms with Gasteiger partial charge in [0.2, 0.25) is 0 Å². The Balaban J connectivity index is 2.10. The van der Waals surface area contributed by atoms with Gasteiger partial charge >= 0.3 is 0 Å². The molecule has 3 rings (SSSR count). The number of benzene rings is 3. The van der Waals surface area contributed by atoms with Crippen LogP contribution in [0.5, 0.6) is 0 Å². The number of anilines is 1. The Kier molecular flexibility index (Phi) is 6.18. The second kappa shape index (κ2) is 8.58. The second-order valence-electron chi connectivity index (χ2n) is 6.71. The predicted molar refractivity (Wildman–Crippen MR) is 120 cm³/mol. The van der Waals surface area contributed by atoms with Crippen molar-refractivity contribution in [1.29, 1.82) is 0 Å². The fourth-order valence-electron chi connectivity index (χ4n) is 3.67. The topological polar surface area (TPSA) is 15.6 Å². The molecule has 0 fully saturated rings. The van der Waals surface area contributed by atoms with Crippen LogP contribution in [-0.2, 0) is 0 Å². The number of alkyl halides is 1. The standard InChI is InChI=1S/C24H27ClN2/c1-5-26-24(20-13-15-21(16-14-20)27(6-2)18(4)25)22-12-8-11-19-10-7-9-17(3)23(19)22/h7-16,18H,5-6H2,1-4H3. The molecule has 0 aliphatic heterocycles. The molecular weight excluding hydrogens is 352 g/mol. The molecule has 0 aliphatic carbocycles. The van der Waals surface area contributed by atoms with Gasteiger partial charge in [-0.25, -0.2) is 0 Å². The average molecular weight is 379 g/mol. The summed E-state index contributed by atoms with van der Waals surface area (Å²) in [5, 5.41) is 2.53. The van der Waals surface area contributed by atoms with Gasteiger partial charge in [0, 0.05) is 29.9 Å². The summed E-state index contributed by atoms with van der Waals surface area (Å²) in [6.45, 7) is 10.00. The summed E-state index contributed by atoms with van der Waals surface area (Å²) in [4.78, 5) is 7.03. The highest BCUT2D eigenvalue weighted by atomic mass is 35.5. The van der Waals surface area contributed by atoms with Crippen LogP contribution in [0.15, 0.2) is 65.7 Å². The lowest BCUT2D eigenvalue weighted by Gasteiger charge is -2.26. The second-order valence-corrected chi connectivity index (χ2v) is 7.34. The van der Waals surface area contributed by atoms with Gasteiger partial charge in [0.1, 0.15) is 5.50 Å². The molecule has 0 bridgehead atoms. The minimum absolute atomic E-state index is 0.0367. The molecular formula is C24H27ClN2. The zero-order valence-corrected chi connectivity index (χ0v) is 17.3. The minimum Gasteiger partial charge on any atom is -0.356 e. The van der Waals surface area contributed by atoms with Crippen molar-refractivity contribution in [3.63, 3.8) is 0 Å². The maximum Gasteiger partial charge on any atom is 0.101 e. The number of aryl methyl sites for hydroxylation is 1. The fourth-order valence-corrected chi connectivity index (χ4v) is 3.92. The highest BCUT2D eigenvalue weighted by molar-refractivity contribution is 6.22. The number of hydrogen-bond acceptors (Lipinski definition) is 2. The van der Waals surface area contributed by atoms with Gasteiger partial charge in [-0.3, -0.25) is 4.99 Å². The first-order valence-electron chi connectivity index (χ1n) is 9.61. The van der Waals surface area contributed by atoms with Crippen LogP contribution in [0.4, 0.5) is 5.69 Å². The van der Waals surface area contributed by atoms with Gasteiger partial charge in [-0.2, -0.15) is 0 Å². The van der Waals surface area contributed by atoms with Gasteiger partial charge in [-0.05, 0) is 56.2 Å². The maximum absolute atomic E-state index is 6.31. The highest BCUT2D eigenvalue weighted by Gasteiger charge is 2.14. The van der Waals surface area contributed by atoms with E-state index in [0.29, 0.717) is 0 Å². The molecule has 0 saturated carbocycles. The van der Waals surface area contributed by atoms with Gasteiger partial charge in [0.05, 0.1) is 5.71 Å². The summed E-state index contributed by atoms with van der Waals surface area (Å²) in [5.74, 6) is 0. The summed E-state index contributed by atoms with van der Waals surface area (Å²) in [5.41, 5.74) is 5.74. The van der Waals surface area contributed by atoms with Crippen LogP contribution >= 0.6 is 11.6 Å². The van der Waals surface area contributed by atoms with Crippen molar-refractivity contribution in [2.24, 2.45) is 4.99 Å². The van der Waals surface area contributed by atoms with E-state index in [-0.39, 0.29) is 5.50 Å². The summed E-state index contributed by atoms with van der Waals surface area (Å²) >= 11 is 6.31. The lowest BCUT2D eigenvalue weighted by Crippen LogP contribution is -2.28. The molecule has 3 aromatic carbocycles. The maximum atomic E-state index is 6.31. The summed E-state index contributed by atoms with van der Waals surface area (Å²) in [6, 6.07) is 21.5. The number of aliphatic imine (C=N–C) groups is 1. The Labute approximate surface area is 167 Å². The summed E-state index contributed by atoms with van der Waals surface area (Å²) < 4.78 is 0. The van der Waals surface area contributed by atoms with Crippen molar-refractivity contribution >= 4 is 33.8 Å². The normalized spacial score (nSPS) is 13.0. The molecule has 1 unspecified atom stereocenters. The molecule has 3 aromatic rings. The largest absolute Gasteiger partial charge is 0.356 e. The van der Waals surface area contributed by atoms with Crippen molar-refractivity contribution in [2.45, 2.75) is 33.2 Å². The van der Waals surface area contributed by atoms with Crippen molar-refractivity contribution in [1.82, 2.24) is 0 Å². The third-order valence-corrected chi connectivity index (χ3v) is 5.16. The molecule has 0 spiro atoms. The van der Waals surface area contributed by atoms with Gasteiger partial charge in [-0.15, -0.1) is 0 Å². The highest BCUT2D eigenvalue weighted by Crippen LogP contribution is 2.27. The molecule has 0 aliphatic rings. The molecule has 0 N–H and O–H groups in total. The van der Waals surface area contributed by atoms with E-state index in [1.807, 2.05) is 6.92 Å². The Hall–Kier alpha value is -2.32. The van der Waals surface area contributed by atoms with Crippen LogP contribution in [0.25, 0.3) is 10.8 Å². The van der Waals surface area contributed by atoms with Crippen LogP contribution in [-0.4, -0.2) is 24.3 Å². The van der Waals surface area contributed by atoms with Crippen molar-refractivity contribution < 1.29 is 0 Å². The average Bonchev–Trinajstić information content (AvgIpc) is 2.67. The molecule has 3 heteroatoms. The van der Waals surface area contributed by atoms with Gasteiger partial charge in [0.15, 0.2) is 0 Å². The molecule has 2 nitrogen and oxygen atoms in total. The lowest BCUT2D eigenvalue weighted by molar-refractivity contribution is 0.814. The van der Waals surface area contributed by atoms with Crippen LogP contribution in [0, 0.1) is 6.92 Å². The molecule has 0 amide bonds. The number of fused-ring (bicyclic) bond motifs is 1. The van der Waals surface area contributed by atoms with Crippen LogP contribution in [0.3, 0.4) is 0 Å². The number of halogens is 1. The lowest BCUT2D eigenvalue weighted by atomic mass is 9.93. The third kappa shape index (κ3) is 4.01. The Morgan fingerprint density at radius 1 is 1.00 bits per heavy atom. The van der Waals surface area contributed by atoms with E-state index >= 15 is 0 Å². The predicted octanol–water partition coefficient (Wildman–Crippen LogP) is 6.42. The quantitative estimate of drug-likeness (QED) is 0.274. The Bertz CT molecular complexity index is 937. The van der Waals surface area contributed by atoms with Gasteiger partial charge < -0.3 is 4.90 Å². The Morgan fingerprint density at radius 3 is 2.26 bits per heavy atom. The van der Waals surface area contributed by atoms with Crippen LogP contribution in [0.1, 0.15) is 37.5 Å². The third-order valence-electron chi connectivity index (χ3n) is 4.93. The van der Waals surface area contributed by atoms with E-state index in [0.717, 1.165) is 30.1 Å². The molecule has 140 valence electrons. The molecule has 0 heterocycles. The number of rotatable bonds is 6. The SMILES string of the molecule is CCN=C(c1ccc(N(CC)C(C)Cl)cc1)c1cccc2cccc(C)c12. The van der Waals surface area contributed by atoms with Crippen LogP contribution in [0.2, 0.25) is 0 Å². The van der Waals surface area contributed by atoms with E-state index in [2.05, 4.69) is 86.3 Å². The molecule has 0 saturated heterocycles. The van der Waals surface area contributed by atoms with E-state index in [1.165, 1.54) is 21.9 Å². The van der Waals surface area contributed by atoms with Crippen LogP contribution < -0.4 is 4.90 Å². The Morgan fingerprint density at radius 2 is 1.67 bits per heavy atom. The summed E-state index contributed by atoms with van der Waals surface area (Å²) in [6.07, 6.45) is 0. The first-order valence-corrected chi connectivity index (χ1v) is 10.0. The van der Waals surface area contributed by atoms with Crippen molar-refractivity contribution in [3.8, 4) is 0 Å². The molecule has 0 aromatic heterocycles. The van der Waals surface area contributed by atoms with Crippen molar-refractivity contribution in [3.05, 3.63) is 77.4 Å². The fraction of sp³-hybridized carbons (Fsp3) is 0.292. The monoisotopic (exact) mass is 378 g/mol.